The number of ether oxygens (including phenoxy) is 1. The molecule has 3 rings (SSSR count). The Balaban J connectivity index is 1.62. The first-order valence-electron chi connectivity index (χ1n) is 7.02. The maximum atomic E-state index is 12.5. The van der Waals surface area contributed by atoms with Crippen molar-refractivity contribution in [3.8, 4) is 0 Å². The largest absolute Gasteiger partial charge is 0.377 e. The van der Waals surface area contributed by atoms with Crippen LogP contribution in [-0.4, -0.2) is 36.6 Å². The number of hydrogen-bond acceptors (Lipinski definition) is 2. The van der Waals surface area contributed by atoms with Crippen molar-refractivity contribution >= 4 is 5.91 Å². The quantitative estimate of drug-likeness (QED) is 0.735. The van der Waals surface area contributed by atoms with E-state index in [-0.39, 0.29) is 12.0 Å². The Morgan fingerprint density at radius 1 is 1.35 bits per heavy atom. The molecule has 0 aromatic carbocycles. The molecule has 2 heterocycles. The molecule has 3 fully saturated rings. The van der Waals surface area contributed by atoms with E-state index in [9.17, 15) is 4.79 Å². The van der Waals surface area contributed by atoms with Crippen LogP contribution in [0.1, 0.15) is 39.5 Å². The van der Waals surface area contributed by atoms with Crippen molar-refractivity contribution in [2.24, 2.45) is 17.3 Å². The highest BCUT2D eigenvalue weighted by atomic mass is 16.5. The molecule has 1 amide bonds. The summed E-state index contributed by atoms with van der Waals surface area (Å²) in [5.41, 5.74) is 0.568. The third-order valence-electron chi connectivity index (χ3n) is 4.66. The van der Waals surface area contributed by atoms with Crippen LogP contribution in [0.25, 0.3) is 0 Å². The lowest BCUT2D eigenvalue weighted by molar-refractivity contribution is -0.155. The zero-order valence-corrected chi connectivity index (χ0v) is 10.9. The number of hydrogen-bond donors (Lipinski definition) is 0. The molecule has 0 aromatic rings. The zero-order chi connectivity index (χ0) is 12.0. The lowest BCUT2D eigenvalue weighted by Gasteiger charge is -2.44. The van der Waals surface area contributed by atoms with E-state index in [2.05, 4.69) is 18.7 Å². The summed E-state index contributed by atoms with van der Waals surface area (Å²) in [7, 11) is 0. The highest BCUT2D eigenvalue weighted by molar-refractivity contribution is 5.80. The van der Waals surface area contributed by atoms with Gasteiger partial charge >= 0.3 is 0 Å². The van der Waals surface area contributed by atoms with Gasteiger partial charge in [-0.05, 0) is 31.6 Å². The molecule has 2 aliphatic heterocycles. The molecule has 2 saturated heterocycles. The van der Waals surface area contributed by atoms with E-state index in [0.717, 1.165) is 32.5 Å². The van der Waals surface area contributed by atoms with Gasteiger partial charge in [0.1, 0.15) is 0 Å². The van der Waals surface area contributed by atoms with Gasteiger partial charge in [0, 0.05) is 25.1 Å². The lowest BCUT2D eigenvalue weighted by atomic mass is 9.84. The highest BCUT2D eigenvalue weighted by Gasteiger charge is 2.55. The molecule has 17 heavy (non-hydrogen) atoms. The molecule has 3 nitrogen and oxygen atoms in total. The molecule has 3 aliphatic rings. The Morgan fingerprint density at radius 3 is 2.65 bits per heavy atom. The molecule has 3 heteroatoms. The summed E-state index contributed by atoms with van der Waals surface area (Å²) < 4.78 is 5.81. The van der Waals surface area contributed by atoms with Gasteiger partial charge in [0.2, 0.25) is 5.91 Å². The Morgan fingerprint density at radius 2 is 2.06 bits per heavy atom. The first-order valence-corrected chi connectivity index (χ1v) is 7.02. The molecule has 2 atom stereocenters. The summed E-state index contributed by atoms with van der Waals surface area (Å²) >= 11 is 0. The van der Waals surface area contributed by atoms with Crippen LogP contribution in [0.3, 0.4) is 0 Å². The molecule has 1 saturated carbocycles. The average Bonchev–Trinajstić information content (AvgIpc) is 3.06. The van der Waals surface area contributed by atoms with E-state index >= 15 is 0 Å². The van der Waals surface area contributed by atoms with Gasteiger partial charge in [0.15, 0.2) is 0 Å². The van der Waals surface area contributed by atoms with Gasteiger partial charge in [0.25, 0.3) is 0 Å². The van der Waals surface area contributed by atoms with Gasteiger partial charge in [-0.25, -0.2) is 0 Å². The van der Waals surface area contributed by atoms with Gasteiger partial charge in [0.05, 0.1) is 12.0 Å². The van der Waals surface area contributed by atoms with Crippen molar-refractivity contribution < 1.29 is 9.53 Å². The monoisotopic (exact) mass is 237 g/mol. The standard InChI is InChI=1S/C14H23NO2/c1-10(2)12-11(4-3-7-17-12)13(16)15-8-14(9-15)5-6-14/h10-12H,3-9H2,1-2H3/t11-,12-/m0/s1. The predicted octanol–water partition coefficient (Wildman–Crippen LogP) is 2.06. The lowest BCUT2D eigenvalue weighted by Crippen LogP contribution is -2.56. The van der Waals surface area contributed by atoms with Gasteiger partial charge in [-0.15, -0.1) is 0 Å². The van der Waals surface area contributed by atoms with Gasteiger partial charge < -0.3 is 9.64 Å². The number of likely N-dealkylation sites (tertiary alicyclic amines) is 1. The maximum Gasteiger partial charge on any atom is 0.228 e. The molecule has 0 radical (unpaired) electrons. The SMILES string of the molecule is CC(C)[C@@H]1OCCC[C@@H]1C(=O)N1CC2(CC2)C1. The number of carbonyl (C=O) groups excluding carboxylic acids is 1. The summed E-state index contributed by atoms with van der Waals surface area (Å²) in [5.74, 6) is 0.932. The fourth-order valence-electron chi connectivity index (χ4n) is 3.37. The van der Waals surface area contributed by atoms with Crippen molar-refractivity contribution in [3.63, 3.8) is 0 Å². The Kier molecular flexibility index (Phi) is 2.69. The molecule has 0 bridgehead atoms. The van der Waals surface area contributed by atoms with Crippen LogP contribution in [0.4, 0.5) is 0 Å². The van der Waals surface area contributed by atoms with Crippen molar-refractivity contribution in [2.45, 2.75) is 45.6 Å². The maximum absolute atomic E-state index is 12.5. The molecule has 0 N–H and O–H groups in total. The Labute approximate surface area is 104 Å². The molecule has 1 spiro atoms. The summed E-state index contributed by atoms with van der Waals surface area (Å²) in [6, 6.07) is 0. The normalized spacial score (nSPS) is 34.9. The fourth-order valence-corrected chi connectivity index (χ4v) is 3.37. The van der Waals surface area contributed by atoms with Crippen LogP contribution in [-0.2, 0) is 9.53 Å². The molecule has 96 valence electrons. The molecular weight excluding hydrogens is 214 g/mol. The van der Waals surface area contributed by atoms with Crippen LogP contribution in [0.5, 0.6) is 0 Å². The van der Waals surface area contributed by atoms with E-state index in [0.29, 0.717) is 17.2 Å². The minimum absolute atomic E-state index is 0.125. The first-order chi connectivity index (χ1) is 8.11. The van der Waals surface area contributed by atoms with E-state index in [1.165, 1.54) is 12.8 Å². The predicted molar refractivity (Wildman–Crippen MR) is 65.5 cm³/mol. The van der Waals surface area contributed by atoms with Crippen LogP contribution in [0, 0.1) is 17.3 Å². The number of carbonyl (C=O) groups is 1. The molecular formula is C14H23NO2. The highest BCUT2D eigenvalue weighted by Crippen LogP contribution is 2.53. The van der Waals surface area contributed by atoms with E-state index < -0.39 is 0 Å². The Bertz CT molecular complexity index is 314. The second-order valence-corrected chi connectivity index (χ2v) is 6.52. The summed E-state index contributed by atoms with van der Waals surface area (Å²) in [4.78, 5) is 14.5. The summed E-state index contributed by atoms with van der Waals surface area (Å²) in [5, 5.41) is 0. The average molecular weight is 237 g/mol. The summed E-state index contributed by atoms with van der Waals surface area (Å²) in [6.07, 6.45) is 4.88. The second-order valence-electron chi connectivity index (χ2n) is 6.52. The van der Waals surface area contributed by atoms with Crippen LogP contribution < -0.4 is 0 Å². The Hall–Kier alpha value is -0.570. The topological polar surface area (TPSA) is 29.5 Å². The zero-order valence-electron chi connectivity index (χ0n) is 10.9. The minimum atomic E-state index is 0.125. The molecule has 1 aliphatic carbocycles. The van der Waals surface area contributed by atoms with Gasteiger partial charge in [-0.3, -0.25) is 4.79 Å². The van der Waals surface area contributed by atoms with Crippen LogP contribution in [0.15, 0.2) is 0 Å². The van der Waals surface area contributed by atoms with Crippen molar-refractivity contribution in [1.82, 2.24) is 4.90 Å². The fraction of sp³-hybridized carbons (Fsp3) is 0.929. The van der Waals surface area contributed by atoms with E-state index in [1.807, 2.05) is 0 Å². The number of amides is 1. The molecule has 0 aromatic heterocycles. The summed E-state index contributed by atoms with van der Waals surface area (Å²) in [6.45, 7) is 7.19. The van der Waals surface area contributed by atoms with Gasteiger partial charge in [-0.1, -0.05) is 13.8 Å². The first kappa shape index (κ1) is 11.5. The third kappa shape index (κ3) is 1.99. The van der Waals surface area contributed by atoms with Crippen molar-refractivity contribution in [2.75, 3.05) is 19.7 Å². The second kappa shape index (κ2) is 3.98. The van der Waals surface area contributed by atoms with Crippen LogP contribution in [0.2, 0.25) is 0 Å². The molecule has 0 unspecified atom stereocenters. The van der Waals surface area contributed by atoms with Gasteiger partial charge in [-0.2, -0.15) is 0 Å². The van der Waals surface area contributed by atoms with Crippen LogP contribution >= 0.6 is 0 Å². The van der Waals surface area contributed by atoms with Crippen molar-refractivity contribution in [3.05, 3.63) is 0 Å². The number of nitrogens with zero attached hydrogens (tertiary/aromatic N) is 1. The minimum Gasteiger partial charge on any atom is -0.377 e. The third-order valence-corrected chi connectivity index (χ3v) is 4.66. The smallest absolute Gasteiger partial charge is 0.228 e. The number of rotatable bonds is 2. The van der Waals surface area contributed by atoms with E-state index in [4.69, 9.17) is 4.74 Å². The van der Waals surface area contributed by atoms with Crippen molar-refractivity contribution in [1.29, 1.82) is 0 Å². The van der Waals surface area contributed by atoms with E-state index in [1.54, 1.807) is 0 Å².